The Balaban J connectivity index is 0.000000518. The molecule has 0 spiro atoms. The lowest BCUT2D eigenvalue weighted by molar-refractivity contribution is 0.827. The SMILES string of the molecule is Cc1c(C)c(C)n(C)c1C.Cc1nc(C)c(C)c(C)c1C.Cc1nc(C)c(C)c(C)c1C.Cc1nc(C)c(C)c(C)c1C.Cc1nc(C)c(C)c(C)n1.Cc1nc(C)c(C)c(C)n1.Cc1nc(C)c(C)nc1C.Cc1nc(C)n(C)c1C.Cc1nnc(C)c(C)c1C. The molecule has 0 N–H and O–H groups in total. The van der Waals surface area contributed by atoms with Gasteiger partial charge in [0.05, 0.1) is 39.9 Å². The van der Waals surface area contributed by atoms with Gasteiger partial charge in [-0.1, -0.05) is 0 Å². The van der Waals surface area contributed by atoms with Crippen LogP contribution in [-0.4, -0.2) is 69.2 Å². The molecule has 92 heavy (non-hydrogen) atoms. The maximum absolute atomic E-state index is 4.43. The van der Waals surface area contributed by atoms with Crippen molar-refractivity contribution in [1.29, 1.82) is 0 Å². The summed E-state index contributed by atoms with van der Waals surface area (Å²) in [4.78, 5) is 43.1. The number of nitrogens with zero attached hydrogens (tertiary/aromatic N) is 14. The quantitative estimate of drug-likeness (QED) is 0.141. The van der Waals surface area contributed by atoms with Crippen molar-refractivity contribution in [3.8, 4) is 0 Å². The summed E-state index contributed by atoms with van der Waals surface area (Å²) in [6.45, 7) is 78.4. The predicted molar refractivity (Wildman–Crippen MR) is 389 cm³/mol. The molecule has 0 atom stereocenters. The van der Waals surface area contributed by atoms with Crippen LogP contribution in [0.15, 0.2) is 0 Å². The minimum Gasteiger partial charge on any atom is -0.352 e. The first-order valence-corrected chi connectivity index (χ1v) is 32.2. The minimum atomic E-state index is 0.862. The Kier molecular flexibility index (Phi) is 32.6. The third kappa shape index (κ3) is 23.1. The molecule has 0 aliphatic heterocycles. The largest absolute Gasteiger partial charge is 0.352 e. The van der Waals surface area contributed by atoms with Crippen molar-refractivity contribution in [1.82, 2.24) is 69.2 Å². The van der Waals surface area contributed by atoms with Crippen LogP contribution in [0.4, 0.5) is 0 Å². The van der Waals surface area contributed by atoms with Crippen LogP contribution in [0.1, 0.15) is 215 Å². The summed E-state index contributed by atoms with van der Waals surface area (Å²) in [5.41, 5.74) is 42.5. The molecule has 14 heteroatoms. The van der Waals surface area contributed by atoms with Crippen molar-refractivity contribution in [3.05, 3.63) is 215 Å². The monoisotopic (exact) mass is 1250 g/mol. The van der Waals surface area contributed by atoms with E-state index >= 15 is 0 Å². The standard InChI is InChI=1S/3C10H15N.C9H15N.4C8H12N2.C7H12N2/c3*1-6-7(2)9(4)11-10(5)8(6)3;1-6-7(2)9(4)10(5)8(6)3;1-5-6(2)10-8(4)7(3)9-5;2*1-5-6(2)9-8(4)10-7(5)3;1-5-6(2)8(4)10-9-7(5)3;1-5-6(2)9(4)7(3)8-5/h3*1-5H3;1-5H3;4*1-4H3;1-4H3. The summed E-state index contributed by atoms with van der Waals surface area (Å²) < 4.78 is 4.33. The van der Waals surface area contributed by atoms with Gasteiger partial charge in [-0.15, -0.1) is 0 Å². The fourth-order valence-electron chi connectivity index (χ4n) is 9.46. The second-order valence-corrected chi connectivity index (χ2v) is 25.2. The molecular weight excluding hydrogens is 1130 g/mol. The van der Waals surface area contributed by atoms with Gasteiger partial charge >= 0.3 is 0 Å². The second-order valence-electron chi connectivity index (χ2n) is 25.2. The third-order valence-corrected chi connectivity index (χ3v) is 19.3. The fraction of sp³-hybridized carbons (Fsp3) is 0.513. The molecular formula is C78H120N14. The Labute approximate surface area is 558 Å². The molecule has 0 radical (unpaired) electrons. The van der Waals surface area contributed by atoms with Crippen LogP contribution in [-0.2, 0) is 14.1 Å². The number of pyridine rings is 3. The molecule has 14 nitrogen and oxygen atoms in total. The molecule has 0 bridgehead atoms. The van der Waals surface area contributed by atoms with E-state index in [9.17, 15) is 0 Å². The van der Waals surface area contributed by atoms with Crippen LogP contribution < -0.4 is 0 Å². The van der Waals surface area contributed by atoms with E-state index in [1.807, 2.05) is 118 Å². The maximum Gasteiger partial charge on any atom is 0.125 e. The van der Waals surface area contributed by atoms with Gasteiger partial charge in [-0.05, 0) is 347 Å². The lowest BCUT2D eigenvalue weighted by atomic mass is 10.0. The molecule has 0 unspecified atom stereocenters. The number of rotatable bonds is 0. The summed E-state index contributed by atoms with van der Waals surface area (Å²) in [5, 5.41) is 7.98. The number of hydrogen-bond donors (Lipinski definition) is 0. The van der Waals surface area contributed by atoms with Crippen molar-refractivity contribution in [2.45, 2.75) is 263 Å². The second kappa shape index (κ2) is 36.5. The number of aryl methyl sites for hydroxylation is 20. The van der Waals surface area contributed by atoms with Crippen LogP contribution in [0.2, 0.25) is 0 Å². The van der Waals surface area contributed by atoms with Gasteiger partial charge in [-0.25, -0.2) is 24.9 Å². The highest BCUT2D eigenvalue weighted by molar-refractivity contribution is 5.39. The molecule has 0 saturated heterocycles. The summed E-state index contributed by atoms with van der Waals surface area (Å²) >= 11 is 0. The Morgan fingerprint density at radius 3 is 0.511 bits per heavy atom. The molecule has 9 aromatic heterocycles. The highest BCUT2D eigenvalue weighted by Gasteiger charge is 2.09. The molecule has 502 valence electrons. The van der Waals surface area contributed by atoms with Crippen LogP contribution >= 0.6 is 0 Å². The zero-order valence-electron chi connectivity index (χ0n) is 65.3. The third-order valence-electron chi connectivity index (χ3n) is 19.3. The Hall–Kier alpha value is -7.74. The normalized spacial score (nSPS) is 10.2. The van der Waals surface area contributed by atoms with Crippen molar-refractivity contribution in [2.75, 3.05) is 0 Å². The average Bonchev–Trinajstić information content (AvgIpc) is 1.39. The molecule has 0 fully saturated rings. The van der Waals surface area contributed by atoms with E-state index in [0.717, 1.165) is 114 Å². The topological polar surface area (TPSA) is 165 Å². The van der Waals surface area contributed by atoms with Crippen LogP contribution in [0.3, 0.4) is 0 Å². The summed E-state index contributed by atoms with van der Waals surface area (Å²) in [7, 11) is 4.15. The van der Waals surface area contributed by atoms with E-state index in [4.69, 9.17) is 0 Å². The maximum atomic E-state index is 4.43. The first kappa shape index (κ1) is 82.3. The number of imidazole rings is 1. The minimum absolute atomic E-state index is 0.862. The van der Waals surface area contributed by atoms with Gasteiger partial charge < -0.3 is 9.13 Å². The van der Waals surface area contributed by atoms with E-state index in [0.29, 0.717) is 0 Å². The highest BCUT2D eigenvalue weighted by atomic mass is 15.1. The summed E-state index contributed by atoms with van der Waals surface area (Å²) in [6, 6.07) is 0. The molecule has 0 aliphatic rings. The Morgan fingerprint density at radius 1 is 0.152 bits per heavy atom. The molecule has 0 aromatic carbocycles. The molecule has 0 amide bonds. The van der Waals surface area contributed by atoms with Crippen LogP contribution in [0, 0.1) is 263 Å². The van der Waals surface area contributed by atoms with Gasteiger partial charge in [-0.2, -0.15) is 10.2 Å². The molecule has 9 aromatic rings. The van der Waals surface area contributed by atoms with Gasteiger partial charge in [0, 0.05) is 88.1 Å². The Morgan fingerprint density at radius 2 is 0.348 bits per heavy atom. The molecule has 0 saturated carbocycles. The van der Waals surface area contributed by atoms with Gasteiger partial charge in [0.2, 0.25) is 0 Å². The highest BCUT2D eigenvalue weighted by Crippen LogP contribution is 2.21. The van der Waals surface area contributed by atoms with E-state index in [1.54, 1.807) is 0 Å². The van der Waals surface area contributed by atoms with Crippen molar-refractivity contribution in [3.63, 3.8) is 0 Å². The van der Waals surface area contributed by atoms with Crippen LogP contribution in [0.5, 0.6) is 0 Å². The van der Waals surface area contributed by atoms with Gasteiger partial charge in [0.1, 0.15) is 17.5 Å². The van der Waals surface area contributed by atoms with E-state index in [1.165, 1.54) is 101 Å². The van der Waals surface area contributed by atoms with Gasteiger partial charge in [-0.3, -0.25) is 24.9 Å². The smallest absolute Gasteiger partial charge is 0.125 e. The zero-order valence-corrected chi connectivity index (χ0v) is 65.3. The first-order valence-electron chi connectivity index (χ1n) is 32.2. The molecule has 0 aliphatic carbocycles. The number of aromatic nitrogens is 14. The lowest BCUT2D eigenvalue weighted by Crippen LogP contribution is -1.98. The van der Waals surface area contributed by atoms with Gasteiger partial charge in [0.15, 0.2) is 0 Å². The van der Waals surface area contributed by atoms with Crippen LogP contribution in [0.25, 0.3) is 0 Å². The van der Waals surface area contributed by atoms with Crippen molar-refractivity contribution in [2.24, 2.45) is 14.1 Å². The lowest BCUT2D eigenvalue weighted by Gasteiger charge is -2.09. The van der Waals surface area contributed by atoms with Crippen molar-refractivity contribution >= 4 is 0 Å². The first-order chi connectivity index (χ1) is 42.2. The zero-order chi connectivity index (χ0) is 71.6. The van der Waals surface area contributed by atoms with E-state index in [2.05, 4.69) is 229 Å². The molecule has 9 rings (SSSR count). The Bertz CT molecular complexity index is 3480. The van der Waals surface area contributed by atoms with E-state index < -0.39 is 0 Å². The number of hydrogen-bond acceptors (Lipinski definition) is 12. The van der Waals surface area contributed by atoms with E-state index in [-0.39, 0.29) is 0 Å². The molecule has 9 heterocycles. The summed E-state index contributed by atoms with van der Waals surface area (Å²) in [5.74, 6) is 2.81. The van der Waals surface area contributed by atoms with Gasteiger partial charge in [0.25, 0.3) is 0 Å². The fourth-order valence-corrected chi connectivity index (χ4v) is 9.46. The predicted octanol–water partition coefficient (Wildman–Crippen LogP) is 18.3. The average molecular weight is 1250 g/mol. The summed E-state index contributed by atoms with van der Waals surface area (Å²) in [6.07, 6.45) is 0. The van der Waals surface area contributed by atoms with Crippen molar-refractivity contribution < 1.29 is 0 Å².